The molecule has 0 aliphatic heterocycles. The fourth-order valence-electron chi connectivity index (χ4n) is 8.76. The molecule has 2 aromatic carbocycles. The van der Waals surface area contributed by atoms with Crippen molar-refractivity contribution in [3.05, 3.63) is 126 Å². The summed E-state index contributed by atoms with van der Waals surface area (Å²) in [4.78, 5) is 9.37. The minimum absolute atomic E-state index is 0.0541. The van der Waals surface area contributed by atoms with E-state index in [1.165, 1.54) is 0 Å². The first-order valence-electron chi connectivity index (χ1n) is 19.5. The van der Waals surface area contributed by atoms with Gasteiger partial charge in [0.15, 0.2) is 0 Å². The van der Waals surface area contributed by atoms with Gasteiger partial charge in [-0.1, -0.05) is 95.3 Å². The zero-order valence-corrected chi connectivity index (χ0v) is 33.6. The molecule has 2 aliphatic carbocycles. The molecule has 7 nitrogen and oxygen atoms in total. The second-order valence-corrected chi connectivity index (χ2v) is 18.0. The molecule has 0 N–H and O–H groups in total. The summed E-state index contributed by atoms with van der Waals surface area (Å²) in [5.41, 5.74) is 6.37. The molecule has 55 heavy (non-hydrogen) atoms. The minimum atomic E-state index is -3.59. The Labute approximate surface area is 328 Å². The highest BCUT2D eigenvalue weighted by Crippen LogP contribution is 2.44. The molecule has 1 radical (unpaired) electrons. The molecule has 9 atom stereocenters. The average Bonchev–Trinajstić information content (AvgIpc) is 3.20. The molecule has 2 heterocycles. The second kappa shape index (κ2) is 17.3. The summed E-state index contributed by atoms with van der Waals surface area (Å²) in [6.07, 6.45) is 16.0. The monoisotopic (exact) mass is 750 g/mol. The van der Waals surface area contributed by atoms with Crippen LogP contribution in [0.25, 0.3) is 34.4 Å². The summed E-state index contributed by atoms with van der Waals surface area (Å²) in [5, 5.41) is 19.1. The summed E-state index contributed by atoms with van der Waals surface area (Å²) in [6, 6.07) is 27.4. The van der Waals surface area contributed by atoms with Crippen LogP contribution in [0.5, 0.6) is 0 Å². The molecule has 283 valence electrons. The predicted octanol–water partition coefficient (Wildman–Crippen LogP) is 9.95. The van der Waals surface area contributed by atoms with E-state index in [9.17, 15) is 18.9 Å². The maximum Gasteiger partial charge on any atom is 0.214 e. The number of nitrogens with zero attached hydrogens (tertiary/aromatic N) is 5. The lowest BCUT2D eigenvalue weighted by molar-refractivity contribution is 0.0847. The third-order valence-electron chi connectivity index (χ3n) is 12.7. The molecular formula is C47H52N5O2S. The van der Waals surface area contributed by atoms with Crippen molar-refractivity contribution in [3.8, 4) is 34.4 Å². The summed E-state index contributed by atoms with van der Waals surface area (Å²) in [7, 11) is -1.81. The zero-order chi connectivity index (χ0) is 39.3. The highest BCUT2D eigenvalue weighted by Gasteiger charge is 2.44. The molecule has 0 unspecified atom stereocenters. The van der Waals surface area contributed by atoms with Gasteiger partial charge in [0.25, 0.3) is 0 Å². The molecule has 2 aromatic heterocycles. The Morgan fingerprint density at radius 1 is 0.709 bits per heavy atom. The lowest BCUT2D eigenvalue weighted by Gasteiger charge is -2.46. The molecule has 0 saturated heterocycles. The molecule has 6 rings (SSSR count). The number of nitriles is 2. The number of aromatic nitrogens is 2. The summed E-state index contributed by atoms with van der Waals surface area (Å²) >= 11 is 0. The first-order chi connectivity index (χ1) is 26.4. The Kier molecular flexibility index (Phi) is 12.5. The molecule has 8 heteroatoms. The van der Waals surface area contributed by atoms with Crippen LogP contribution in [0.4, 0.5) is 0 Å². The van der Waals surface area contributed by atoms with Gasteiger partial charge in [-0.25, -0.2) is 12.7 Å². The SMILES string of the molecule is C[C@H]1[C@@H](/C=C/c2ccc(-c3ccccc3C#N)cn2)[C@H](C)[C@@H](C)C[C@H]1N(C)S(=O)(=O)C[C@@H]1[CH]C[C@H](C)[C@@H](C)[C@@H]1/C=C/c1ccc(-c2ccccc2C#N)cn1. The van der Waals surface area contributed by atoms with E-state index in [-0.39, 0.29) is 35.5 Å². The lowest BCUT2D eigenvalue weighted by Crippen LogP contribution is -2.51. The van der Waals surface area contributed by atoms with Crippen molar-refractivity contribution < 1.29 is 8.42 Å². The third kappa shape index (κ3) is 8.83. The first-order valence-corrected chi connectivity index (χ1v) is 21.1. The average molecular weight is 751 g/mol. The van der Waals surface area contributed by atoms with Gasteiger partial charge in [0.2, 0.25) is 10.0 Å². The highest BCUT2D eigenvalue weighted by molar-refractivity contribution is 7.89. The van der Waals surface area contributed by atoms with Crippen molar-refractivity contribution in [2.45, 2.75) is 53.5 Å². The molecule has 4 aromatic rings. The van der Waals surface area contributed by atoms with Crippen LogP contribution >= 0.6 is 0 Å². The molecule has 0 bridgehead atoms. The quantitative estimate of drug-likeness (QED) is 0.160. The molecular weight excluding hydrogens is 699 g/mol. The summed E-state index contributed by atoms with van der Waals surface area (Å²) in [6.45, 7) is 11.2. The van der Waals surface area contributed by atoms with Gasteiger partial charge in [-0.3, -0.25) is 9.97 Å². The fourth-order valence-corrected chi connectivity index (χ4v) is 10.5. The first kappa shape index (κ1) is 39.8. The Morgan fingerprint density at radius 2 is 1.22 bits per heavy atom. The van der Waals surface area contributed by atoms with Gasteiger partial charge in [0, 0.05) is 47.7 Å². The maximum absolute atomic E-state index is 14.3. The number of hydrogen-bond donors (Lipinski definition) is 0. The van der Waals surface area contributed by atoms with E-state index in [2.05, 4.69) is 76.4 Å². The third-order valence-corrected chi connectivity index (χ3v) is 14.7. The topological polar surface area (TPSA) is 111 Å². The van der Waals surface area contributed by atoms with Crippen LogP contribution in [0.2, 0.25) is 0 Å². The number of sulfonamides is 1. The van der Waals surface area contributed by atoms with Gasteiger partial charge in [-0.15, -0.1) is 0 Å². The van der Waals surface area contributed by atoms with E-state index in [1.807, 2.05) is 85.1 Å². The smallest absolute Gasteiger partial charge is 0.214 e. The number of benzene rings is 2. The number of rotatable bonds is 10. The van der Waals surface area contributed by atoms with Crippen LogP contribution in [0.15, 0.2) is 97.3 Å². The van der Waals surface area contributed by atoms with Crippen LogP contribution in [0.3, 0.4) is 0 Å². The maximum atomic E-state index is 14.3. The largest absolute Gasteiger partial charge is 0.256 e. The molecule has 2 saturated carbocycles. The van der Waals surface area contributed by atoms with Crippen LogP contribution in [0, 0.1) is 76.4 Å². The van der Waals surface area contributed by atoms with Crippen LogP contribution in [-0.2, 0) is 10.0 Å². The van der Waals surface area contributed by atoms with Gasteiger partial charge in [0.05, 0.1) is 40.4 Å². The number of pyridine rings is 2. The van der Waals surface area contributed by atoms with Crippen molar-refractivity contribution in [1.29, 1.82) is 10.5 Å². The Bertz CT molecular complexity index is 2200. The van der Waals surface area contributed by atoms with Crippen molar-refractivity contribution in [2.75, 3.05) is 12.8 Å². The number of hydrogen-bond acceptors (Lipinski definition) is 6. The van der Waals surface area contributed by atoms with Crippen LogP contribution in [0.1, 0.15) is 70.0 Å². The van der Waals surface area contributed by atoms with E-state index in [0.29, 0.717) is 34.8 Å². The van der Waals surface area contributed by atoms with Crippen molar-refractivity contribution in [1.82, 2.24) is 14.3 Å². The van der Waals surface area contributed by atoms with E-state index >= 15 is 0 Å². The fraction of sp³-hybridized carbons (Fsp3) is 0.383. The Morgan fingerprint density at radius 3 is 1.73 bits per heavy atom. The Balaban J connectivity index is 1.15. The van der Waals surface area contributed by atoms with E-state index < -0.39 is 10.0 Å². The van der Waals surface area contributed by atoms with Gasteiger partial charge in [-0.2, -0.15) is 10.5 Å². The van der Waals surface area contributed by atoms with E-state index in [4.69, 9.17) is 4.98 Å². The van der Waals surface area contributed by atoms with Gasteiger partial charge in [-0.05, 0) is 103 Å². The number of allylic oxidation sites excluding steroid dienone is 2. The lowest BCUT2D eigenvalue weighted by atomic mass is 9.66. The van der Waals surface area contributed by atoms with Crippen molar-refractivity contribution in [2.24, 2.45) is 47.3 Å². The van der Waals surface area contributed by atoms with Crippen molar-refractivity contribution in [3.63, 3.8) is 0 Å². The van der Waals surface area contributed by atoms with Gasteiger partial charge < -0.3 is 0 Å². The zero-order valence-electron chi connectivity index (χ0n) is 32.7. The van der Waals surface area contributed by atoms with E-state index in [0.717, 1.165) is 46.5 Å². The Hall–Kier alpha value is -4.89. The summed E-state index contributed by atoms with van der Waals surface area (Å²) < 4.78 is 30.4. The minimum Gasteiger partial charge on any atom is -0.256 e. The van der Waals surface area contributed by atoms with Gasteiger partial charge >= 0.3 is 0 Å². The van der Waals surface area contributed by atoms with Gasteiger partial charge in [0.1, 0.15) is 0 Å². The highest BCUT2D eigenvalue weighted by atomic mass is 32.2. The molecule has 0 spiro atoms. The van der Waals surface area contributed by atoms with Crippen LogP contribution in [-0.4, -0.2) is 41.5 Å². The predicted molar refractivity (Wildman–Crippen MR) is 222 cm³/mol. The molecule has 0 amide bonds. The van der Waals surface area contributed by atoms with Crippen molar-refractivity contribution >= 4 is 22.2 Å². The second-order valence-electron chi connectivity index (χ2n) is 15.9. The van der Waals surface area contributed by atoms with Crippen LogP contribution < -0.4 is 0 Å². The molecule has 2 aliphatic rings. The summed E-state index contributed by atoms with van der Waals surface area (Å²) in [5.74, 6) is 1.78. The van der Waals surface area contributed by atoms with E-state index in [1.54, 1.807) is 17.5 Å². The standard InChI is InChI=1S/C47H52N5O2S/c1-31-15-16-40(44(33(31)3)24-22-42-20-18-39(29-51-42)46-14-10-8-12-37(46)27-49)30-55(53,54)52(6)47-25-32(2)34(4)43(35(47)5)23-21-41-19-17-38(28-50-41)45-13-9-7-11-36(45)26-48/h7-14,16-24,28-29,31-35,40,43-44,47H,15,25,30H2,1-6H3/b23-21+,24-22+/t31-,32-,33+,34+,35-,40-,43-,44-,47+/m0/s1. The molecule has 2 fully saturated rings. The normalized spacial score (nSPS) is 27.3.